The molecule has 0 aliphatic carbocycles. The molecule has 1 aromatic carbocycles. The van der Waals surface area contributed by atoms with Gasteiger partial charge in [-0.2, -0.15) is 0 Å². The van der Waals surface area contributed by atoms with Crippen LogP contribution in [0.2, 0.25) is 0 Å². The Balaban J connectivity index is 0.00000450. The van der Waals surface area contributed by atoms with Crippen LogP contribution in [-0.4, -0.2) is 51.7 Å². The molecule has 1 saturated heterocycles. The Morgan fingerprint density at radius 3 is 2.27 bits per heavy atom. The van der Waals surface area contributed by atoms with Crippen LogP contribution in [0.5, 0.6) is 0 Å². The molecule has 0 radical (unpaired) electrons. The predicted octanol–water partition coefficient (Wildman–Crippen LogP) is 3.71. The molecule has 30 heavy (non-hydrogen) atoms. The van der Waals surface area contributed by atoms with Crippen molar-refractivity contribution in [3.63, 3.8) is 0 Å². The van der Waals surface area contributed by atoms with Crippen LogP contribution in [0.3, 0.4) is 0 Å². The zero-order chi connectivity index (χ0) is 21.5. The van der Waals surface area contributed by atoms with Crippen molar-refractivity contribution in [3.05, 3.63) is 35.4 Å². The minimum atomic E-state index is -3.24. The summed E-state index contributed by atoms with van der Waals surface area (Å²) in [4.78, 5) is 4.66. The van der Waals surface area contributed by atoms with E-state index in [-0.39, 0.29) is 36.6 Å². The zero-order valence-corrected chi connectivity index (χ0v) is 22.0. The summed E-state index contributed by atoms with van der Waals surface area (Å²) in [6.07, 6.45) is 3.36. The molecule has 1 aliphatic rings. The normalized spacial score (nSPS) is 17.9. The summed E-state index contributed by atoms with van der Waals surface area (Å²) in [6, 6.07) is 8.71. The number of nitrogens with zero attached hydrogens (tertiary/aromatic N) is 1. The van der Waals surface area contributed by atoms with Gasteiger partial charge in [0.1, 0.15) is 0 Å². The van der Waals surface area contributed by atoms with Crippen molar-refractivity contribution in [1.29, 1.82) is 0 Å². The summed E-state index contributed by atoms with van der Waals surface area (Å²) in [5.41, 5.74) is 2.51. The highest BCUT2D eigenvalue weighted by Gasteiger charge is 2.42. The molecule has 2 rings (SSSR count). The zero-order valence-electron chi connectivity index (χ0n) is 18.9. The SMILES string of the molecule is CCNC(=NCC1(S(C)(=O)=O)CCOCC1)NC(C)c1ccc(CC(C)C)cc1.I. The molecule has 8 heteroatoms. The Morgan fingerprint density at radius 1 is 1.17 bits per heavy atom. The third kappa shape index (κ3) is 7.67. The molecule has 1 unspecified atom stereocenters. The number of ether oxygens (including phenoxy) is 1. The number of guanidine groups is 1. The molecular weight excluding hydrogens is 513 g/mol. The highest BCUT2D eigenvalue weighted by Crippen LogP contribution is 2.29. The molecule has 1 aliphatic heterocycles. The van der Waals surface area contributed by atoms with Gasteiger partial charge in [-0.3, -0.25) is 4.99 Å². The molecule has 2 N–H and O–H groups in total. The first kappa shape index (κ1) is 27.2. The molecule has 1 heterocycles. The van der Waals surface area contributed by atoms with Crippen LogP contribution in [0.25, 0.3) is 0 Å². The summed E-state index contributed by atoms with van der Waals surface area (Å²) in [5.74, 6) is 1.28. The molecular formula is C22H38IN3O3S. The van der Waals surface area contributed by atoms with Crippen LogP contribution in [0.15, 0.2) is 29.3 Å². The van der Waals surface area contributed by atoms with E-state index in [0.29, 0.717) is 44.5 Å². The first-order chi connectivity index (χ1) is 13.7. The lowest BCUT2D eigenvalue weighted by Gasteiger charge is -2.34. The smallest absolute Gasteiger partial charge is 0.191 e. The molecule has 0 saturated carbocycles. The Bertz CT molecular complexity index is 773. The molecule has 0 aromatic heterocycles. The number of aliphatic imine (C=N–C) groups is 1. The van der Waals surface area contributed by atoms with Gasteiger partial charge in [-0.05, 0) is 50.2 Å². The third-order valence-corrected chi connectivity index (χ3v) is 7.65. The second-order valence-corrected chi connectivity index (χ2v) is 10.9. The van der Waals surface area contributed by atoms with E-state index < -0.39 is 14.6 Å². The van der Waals surface area contributed by atoms with Gasteiger partial charge in [0.2, 0.25) is 0 Å². The summed E-state index contributed by atoms with van der Waals surface area (Å²) in [5, 5.41) is 6.66. The van der Waals surface area contributed by atoms with E-state index >= 15 is 0 Å². The molecule has 0 spiro atoms. The van der Waals surface area contributed by atoms with Crippen molar-refractivity contribution in [1.82, 2.24) is 10.6 Å². The van der Waals surface area contributed by atoms with Crippen LogP contribution in [0.4, 0.5) is 0 Å². The number of rotatable bonds is 8. The van der Waals surface area contributed by atoms with Crippen molar-refractivity contribution in [3.8, 4) is 0 Å². The Kier molecular flexibility index (Phi) is 11.1. The maximum atomic E-state index is 12.5. The average Bonchev–Trinajstić information content (AvgIpc) is 2.66. The Labute approximate surface area is 199 Å². The molecule has 1 fully saturated rings. The summed E-state index contributed by atoms with van der Waals surface area (Å²) in [7, 11) is -3.24. The maximum Gasteiger partial charge on any atom is 0.191 e. The Morgan fingerprint density at radius 2 is 1.77 bits per heavy atom. The van der Waals surface area contributed by atoms with Crippen LogP contribution in [0.1, 0.15) is 57.7 Å². The van der Waals surface area contributed by atoms with Gasteiger partial charge in [-0.15, -0.1) is 24.0 Å². The van der Waals surface area contributed by atoms with E-state index in [1.165, 1.54) is 17.4 Å². The van der Waals surface area contributed by atoms with Crippen molar-refractivity contribution in [2.45, 2.75) is 57.7 Å². The fourth-order valence-electron chi connectivity index (χ4n) is 3.63. The third-order valence-electron chi connectivity index (χ3n) is 5.54. The standard InChI is InChI=1S/C22H37N3O3S.HI/c1-6-23-21(24-16-22(29(5,26)27)11-13-28-14-12-22)25-18(4)20-9-7-19(8-10-20)15-17(2)3;/h7-10,17-18H,6,11-16H2,1-5H3,(H2,23,24,25);1H. The van der Waals surface area contributed by atoms with Gasteiger partial charge >= 0.3 is 0 Å². The molecule has 172 valence electrons. The molecule has 0 bridgehead atoms. The van der Waals surface area contributed by atoms with Crippen molar-refractivity contribution >= 4 is 39.8 Å². The van der Waals surface area contributed by atoms with E-state index in [4.69, 9.17) is 4.74 Å². The second-order valence-electron chi connectivity index (χ2n) is 8.47. The van der Waals surface area contributed by atoms with Gasteiger partial charge in [0, 0.05) is 26.0 Å². The quantitative estimate of drug-likeness (QED) is 0.293. The monoisotopic (exact) mass is 551 g/mol. The van der Waals surface area contributed by atoms with Crippen LogP contribution in [-0.2, 0) is 21.0 Å². The summed E-state index contributed by atoms with van der Waals surface area (Å²) >= 11 is 0. The van der Waals surface area contributed by atoms with Crippen molar-refractivity contribution in [2.24, 2.45) is 10.9 Å². The number of nitrogens with one attached hydrogen (secondary N) is 2. The fourth-order valence-corrected chi connectivity index (χ4v) is 4.84. The lowest BCUT2D eigenvalue weighted by molar-refractivity contribution is 0.0768. The first-order valence-corrected chi connectivity index (χ1v) is 12.5. The molecule has 1 atom stereocenters. The van der Waals surface area contributed by atoms with E-state index in [9.17, 15) is 8.42 Å². The van der Waals surface area contributed by atoms with Gasteiger partial charge in [0.15, 0.2) is 15.8 Å². The number of sulfone groups is 1. The van der Waals surface area contributed by atoms with Crippen LogP contribution < -0.4 is 10.6 Å². The predicted molar refractivity (Wildman–Crippen MR) is 136 cm³/mol. The lowest BCUT2D eigenvalue weighted by Crippen LogP contribution is -2.47. The van der Waals surface area contributed by atoms with Crippen molar-refractivity contribution < 1.29 is 13.2 Å². The largest absolute Gasteiger partial charge is 0.381 e. The average molecular weight is 552 g/mol. The number of halogens is 1. The van der Waals surface area contributed by atoms with Gasteiger partial charge in [0.25, 0.3) is 0 Å². The van der Waals surface area contributed by atoms with Crippen LogP contribution >= 0.6 is 24.0 Å². The van der Waals surface area contributed by atoms with Gasteiger partial charge in [0.05, 0.1) is 17.3 Å². The number of benzene rings is 1. The van der Waals surface area contributed by atoms with Crippen molar-refractivity contribution in [2.75, 3.05) is 32.6 Å². The van der Waals surface area contributed by atoms with E-state index in [0.717, 1.165) is 6.42 Å². The minimum Gasteiger partial charge on any atom is -0.381 e. The van der Waals surface area contributed by atoms with Gasteiger partial charge < -0.3 is 15.4 Å². The highest BCUT2D eigenvalue weighted by atomic mass is 127. The van der Waals surface area contributed by atoms with E-state index in [1.54, 1.807) is 0 Å². The minimum absolute atomic E-state index is 0. The Hall–Kier alpha value is -0.870. The number of hydrogen-bond donors (Lipinski definition) is 2. The maximum absolute atomic E-state index is 12.5. The lowest BCUT2D eigenvalue weighted by atomic mass is 9.99. The second kappa shape index (κ2) is 12.2. The van der Waals surface area contributed by atoms with Gasteiger partial charge in [-0.25, -0.2) is 8.42 Å². The van der Waals surface area contributed by atoms with Crippen LogP contribution in [0, 0.1) is 5.92 Å². The summed E-state index contributed by atoms with van der Waals surface area (Å²) < 4.78 is 29.5. The highest BCUT2D eigenvalue weighted by molar-refractivity contribution is 14.0. The topological polar surface area (TPSA) is 79.8 Å². The van der Waals surface area contributed by atoms with Gasteiger partial charge in [-0.1, -0.05) is 38.1 Å². The van der Waals surface area contributed by atoms with E-state index in [1.807, 2.05) is 6.92 Å². The molecule has 6 nitrogen and oxygen atoms in total. The summed E-state index contributed by atoms with van der Waals surface area (Å²) in [6.45, 7) is 10.4. The first-order valence-electron chi connectivity index (χ1n) is 10.6. The molecule has 0 amide bonds. The number of hydrogen-bond acceptors (Lipinski definition) is 4. The van der Waals surface area contributed by atoms with E-state index in [2.05, 4.69) is 60.7 Å². The molecule has 1 aromatic rings. The fraction of sp³-hybridized carbons (Fsp3) is 0.682.